The van der Waals surface area contributed by atoms with Crippen molar-refractivity contribution in [1.82, 2.24) is 9.80 Å². The normalized spacial score (nSPS) is 21.9. The molecule has 2 fully saturated rings. The molecule has 0 N–H and O–H groups in total. The Morgan fingerprint density at radius 2 is 2.04 bits per heavy atom. The molecule has 3 rings (SSSR count). The van der Waals surface area contributed by atoms with Crippen LogP contribution in [0.1, 0.15) is 16.7 Å². The van der Waals surface area contributed by atoms with E-state index in [1.807, 2.05) is 4.90 Å². The highest BCUT2D eigenvalue weighted by Gasteiger charge is 2.32. The van der Waals surface area contributed by atoms with Crippen LogP contribution in [0.3, 0.4) is 0 Å². The van der Waals surface area contributed by atoms with E-state index in [1.165, 1.54) is 11.1 Å². The smallest absolute Gasteiger partial charge is 0.254 e. The van der Waals surface area contributed by atoms with Gasteiger partial charge in [-0.1, -0.05) is 18.2 Å². The molecule has 1 aromatic carbocycles. The van der Waals surface area contributed by atoms with E-state index in [4.69, 9.17) is 9.47 Å². The quantitative estimate of drug-likeness (QED) is 0.825. The molecule has 2 amide bonds. The number of benzene rings is 1. The van der Waals surface area contributed by atoms with Gasteiger partial charge in [-0.15, -0.1) is 0 Å². The van der Waals surface area contributed by atoms with E-state index in [-0.39, 0.29) is 25.0 Å². The highest BCUT2D eigenvalue weighted by Crippen LogP contribution is 2.15. The summed E-state index contributed by atoms with van der Waals surface area (Å²) in [5.74, 6) is -0.168. The monoisotopic (exact) mass is 332 g/mol. The van der Waals surface area contributed by atoms with Crippen molar-refractivity contribution in [2.75, 3.05) is 39.5 Å². The molecule has 1 aromatic rings. The summed E-state index contributed by atoms with van der Waals surface area (Å²) in [6, 6.07) is 6.25. The van der Waals surface area contributed by atoms with Crippen LogP contribution in [0.4, 0.5) is 0 Å². The van der Waals surface area contributed by atoms with Gasteiger partial charge in [-0.2, -0.15) is 0 Å². The first-order valence-electron chi connectivity index (χ1n) is 8.36. The van der Waals surface area contributed by atoms with E-state index in [1.54, 1.807) is 4.90 Å². The van der Waals surface area contributed by atoms with Crippen LogP contribution in [0.2, 0.25) is 0 Å². The van der Waals surface area contributed by atoms with Crippen molar-refractivity contribution >= 4 is 11.8 Å². The second-order valence-electron chi connectivity index (χ2n) is 6.43. The zero-order valence-corrected chi connectivity index (χ0v) is 14.3. The number of hydrogen-bond acceptors (Lipinski definition) is 4. The molecule has 2 aliphatic rings. The van der Waals surface area contributed by atoms with Crippen LogP contribution in [0, 0.1) is 13.8 Å². The topological polar surface area (TPSA) is 59.1 Å². The molecular formula is C18H24N2O4. The maximum Gasteiger partial charge on any atom is 0.254 e. The van der Waals surface area contributed by atoms with Crippen molar-refractivity contribution < 1.29 is 19.1 Å². The third-order valence-corrected chi connectivity index (χ3v) is 4.67. The van der Waals surface area contributed by atoms with Gasteiger partial charge >= 0.3 is 0 Å². The van der Waals surface area contributed by atoms with Crippen LogP contribution in [-0.4, -0.2) is 67.2 Å². The van der Waals surface area contributed by atoms with Crippen molar-refractivity contribution in [1.29, 1.82) is 0 Å². The summed E-state index contributed by atoms with van der Waals surface area (Å²) in [6.07, 6.45) is -0.571. The number of ether oxygens (including phenoxy) is 2. The average molecular weight is 332 g/mol. The van der Waals surface area contributed by atoms with Gasteiger partial charge in [0.1, 0.15) is 0 Å². The Hall–Kier alpha value is -1.92. The SMILES string of the molecule is Cc1ccc(CN2CCN(C(=O)[C@@H]3COCCO3)CC2=O)cc1C. The number of rotatable bonds is 3. The molecule has 0 radical (unpaired) electrons. The van der Waals surface area contributed by atoms with E-state index in [0.717, 1.165) is 5.56 Å². The standard InChI is InChI=1S/C18H24N2O4/c1-13-3-4-15(9-14(13)2)10-19-5-6-20(11-17(19)21)18(22)16-12-23-7-8-24-16/h3-4,9,16H,5-8,10-12H2,1-2H3/t16-/m0/s1. The number of nitrogens with zero attached hydrogens (tertiary/aromatic N) is 2. The first-order chi connectivity index (χ1) is 11.5. The van der Waals surface area contributed by atoms with Crippen molar-refractivity contribution in [3.05, 3.63) is 34.9 Å². The molecule has 0 aliphatic carbocycles. The fourth-order valence-electron chi connectivity index (χ4n) is 3.02. The largest absolute Gasteiger partial charge is 0.376 e. The molecule has 0 bridgehead atoms. The Morgan fingerprint density at radius 3 is 2.71 bits per heavy atom. The molecule has 2 aliphatic heterocycles. The Labute approximate surface area is 142 Å². The van der Waals surface area contributed by atoms with Crippen molar-refractivity contribution in [3.63, 3.8) is 0 Å². The first kappa shape index (κ1) is 16.9. The minimum absolute atomic E-state index is 0.0236. The molecule has 6 heteroatoms. The summed E-state index contributed by atoms with van der Waals surface area (Å²) in [6.45, 7) is 7.16. The summed E-state index contributed by atoms with van der Waals surface area (Å²) >= 11 is 0. The molecule has 130 valence electrons. The van der Waals surface area contributed by atoms with E-state index in [2.05, 4.69) is 32.0 Å². The Balaban J connectivity index is 1.57. The molecule has 0 unspecified atom stereocenters. The van der Waals surface area contributed by atoms with E-state index < -0.39 is 6.10 Å². The van der Waals surface area contributed by atoms with Crippen LogP contribution < -0.4 is 0 Å². The second kappa shape index (κ2) is 7.32. The first-order valence-corrected chi connectivity index (χ1v) is 8.36. The van der Waals surface area contributed by atoms with Gasteiger partial charge in [0, 0.05) is 19.6 Å². The van der Waals surface area contributed by atoms with Crippen LogP contribution in [0.25, 0.3) is 0 Å². The predicted octanol–water partition coefficient (Wildman–Crippen LogP) is 0.890. The van der Waals surface area contributed by atoms with Gasteiger partial charge < -0.3 is 19.3 Å². The third-order valence-electron chi connectivity index (χ3n) is 4.67. The summed E-state index contributed by atoms with van der Waals surface area (Å²) in [5, 5.41) is 0. The molecule has 1 atom stereocenters. The molecule has 24 heavy (non-hydrogen) atoms. The lowest BCUT2D eigenvalue weighted by Gasteiger charge is -2.36. The summed E-state index contributed by atoms with van der Waals surface area (Å²) in [7, 11) is 0. The van der Waals surface area contributed by atoms with Crippen LogP contribution in [0.5, 0.6) is 0 Å². The van der Waals surface area contributed by atoms with Crippen molar-refractivity contribution in [2.24, 2.45) is 0 Å². The third kappa shape index (κ3) is 3.76. The van der Waals surface area contributed by atoms with Gasteiger partial charge in [-0.05, 0) is 30.5 Å². The molecule has 0 saturated carbocycles. The van der Waals surface area contributed by atoms with E-state index in [9.17, 15) is 9.59 Å². The summed E-state index contributed by atoms with van der Waals surface area (Å²) in [4.78, 5) is 28.2. The van der Waals surface area contributed by atoms with Gasteiger partial charge in [0.25, 0.3) is 5.91 Å². The molecular weight excluding hydrogens is 308 g/mol. The number of hydrogen-bond donors (Lipinski definition) is 0. The lowest BCUT2D eigenvalue weighted by Crippen LogP contribution is -2.55. The number of piperazine rings is 1. The lowest BCUT2D eigenvalue weighted by molar-refractivity contribution is -0.163. The highest BCUT2D eigenvalue weighted by molar-refractivity contribution is 5.88. The van der Waals surface area contributed by atoms with E-state index >= 15 is 0 Å². The zero-order valence-electron chi connectivity index (χ0n) is 14.3. The molecule has 2 saturated heterocycles. The van der Waals surface area contributed by atoms with Crippen LogP contribution in [-0.2, 0) is 25.6 Å². The van der Waals surface area contributed by atoms with Crippen LogP contribution in [0.15, 0.2) is 18.2 Å². The average Bonchev–Trinajstić information content (AvgIpc) is 2.60. The van der Waals surface area contributed by atoms with Gasteiger partial charge in [-0.3, -0.25) is 9.59 Å². The fraction of sp³-hybridized carbons (Fsp3) is 0.556. The molecule has 2 heterocycles. The van der Waals surface area contributed by atoms with Crippen molar-refractivity contribution in [3.8, 4) is 0 Å². The Bertz CT molecular complexity index is 625. The predicted molar refractivity (Wildman–Crippen MR) is 88.5 cm³/mol. The van der Waals surface area contributed by atoms with Crippen molar-refractivity contribution in [2.45, 2.75) is 26.5 Å². The minimum atomic E-state index is -0.571. The maximum atomic E-state index is 12.4. The fourth-order valence-corrected chi connectivity index (χ4v) is 3.02. The van der Waals surface area contributed by atoms with Gasteiger partial charge in [0.2, 0.25) is 5.91 Å². The molecule has 0 spiro atoms. The Morgan fingerprint density at radius 1 is 1.21 bits per heavy atom. The molecule has 6 nitrogen and oxygen atoms in total. The number of carbonyl (C=O) groups excluding carboxylic acids is 2. The lowest BCUT2D eigenvalue weighted by atomic mass is 10.1. The van der Waals surface area contributed by atoms with E-state index in [0.29, 0.717) is 32.8 Å². The number of aryl methyl sites for hydroxylation is 2. The minimum Gasteiger partial charge on any atom is -0.376 e. The number of amides is 2. The van der Waals surface area contributed by atoms with Gasteiger partial charge in [0.05, 0.1) is 26.4 Å². The highest BCUT2D eigenvalue weighted by atomic mass is 16.6. The zero-order chi connectivity index (χ0) is 17.1. The summed E-state index contributed by atoms with van der Waals surface area (Å²) < 4.78 is 10.7. The van der Waals surface area contributed by atoms with Gasteiger partial charge in [-0.25, -0.2) is 0 Å². The second-order valence-corrected chi connectivity index (χ2v) is 6.43. The number of carbonyl (C=O) groups is 2. The Kier molecular flexibility index (Phi) is 5.16. The maximum absolute atomic E-state index is 12.4. The van der Waals surface area contributed by atoms with Crippen LogP contribution >= 0.6 is 0 Å². The summed E-state index contributed by atoms with van der Waals surface area (Å²) in [5.41, 5.74) is 3.59. The van der Waals surface area contributed by atoms with Gasteiger partial charge in [0.15, 0.2) is 6.10 Å². The molecule has 0 aromatic heterocycles.